The molecule has 3 aliphatic rings. The average Bonchev–Trinajstić information content (AvgIpc) is 3.27. The maximum atomic E-state index is 13.8. The molecule has 3 atom stereocenters. The number of aliphatic imine (C=N–C) groups is 1. The number of hydrogen-bond acceptors (Lipinski definition) is 8. The van der Waals surface area contributed by atoms with Crippen molar-refractivity contribution in [3.8, 4) is 0 Å². The summed E-state index contributed by atoms with van der Waals surface area (Å²) in [6.07, 6.45) is 3.39. The second kappa shape index (κ2) is 8.05. The van der Waals surface area contributed by atoms with Gasteiger partial charge < -0.3 is 25.6 Å². The fourth-order valence-corrected chi connectivity index (χ4v) is 4.95. The van der Waals surface area contributed by atoms with Crippen LogP contribution < -0.4 is 16.8 Å². The molecule has 1 aromatic heterocycles. The molecule has 0 bridgehead atoms. The van der Waals surface area contributed by atoms with Crippen molar-refractivity contribution in [1.29, 1.82) is 0 Å². The van der Waals surface area contributed by atoms with E-state index in [1.165, 1.54) is 0 Å². The Labute approximate surface area is 188 Å². The van der Waals surface area contributed by atoms with E-state index < -0.39 is 11.2 Å². The van der Waals surface area contributed by atoms with E-state index >= 15 is 0 Å². The van der Waals surface area contributed by atoms with Crippen LogP contribution in [0.4, 0.5) is 4.79 Å². The van der Waals surface area contributed by atoms with Crippen LogP contribution >= 0.6 is 0 Å². The van der Waals surface area contributed by atoms with Crippen LogP contribution in [-0.2, 0) is 22.5 Å². The van der Waals surface area contributed by atoms with Gasteiger partial charge in [0.25, 0.3) is 0 Å². The highest BCUT2D eigenvalue weighted by molar-refractivity contribution is 5.81. The van der Waals surface area contributed by atoms with Gasteiger partial charge in [0.15, 0.2) is 11.6 Å². The molecule has 0 spiro atoms. The molecule has 3 aliphatic heterocycles. The van der Waals surface area contributed by atoms with E-state index in [0.717, 1.165) is 24.3 Å². The van der Waals surface area contributed by atoms with Crippen molar-refractivity contribution < 1.29 is 9.53 Å². The Morgan fingerprint density at radius 3 is 2.75 bits per heavy atom. The van der Waals surface area contributed by atoms with E-state index in [1.807, 2.05) is 23.6 Å². The number of aromatic amines is 1. The lowest BCUT2D eigenvalue weighted by Crippen LogP contribution is -2.61. The number of ether oxygens (including phenoxy) is 1. The Hall–Kier alpha value is -2.63. The highest BCUT2D eigenvalue weighted by Crippen LogP contribution is 2.42. The molecule has 6 N–H and O–H groups in total. The largest absolute Gasteiger partial charge is 0.383 e. The molecule has 0 radical (unpaired) electrons. The van der Waals surface area contributed by atoms with Crippen LogP contribution in [0.1, 0.15) is 44.6 Å². The minimum atomic E-state index is -1.18. The van der Waals surface area contributed by atoms with Gasteiger partial charge >= 0.3 is 6.03 Å². The average molecular weight is 446 g/mol. The third kappa shape index (κ3) is 3.63. The third-order valence-electron chi connectivity index (χ3n) is 6.90. The van der Waals surface area contributed by atoms with E-state index in [9.17, 15) is 4.79 Å². The zero-order valence-corrected chi connectivity index (χ0v) is 19.6. The topological polar surface area (TPSA) is 141 Å². The van der Waals surface area contributed by atoms with Crippen LogP contribution in [0.2, 0.25) is 0 Å². The predicted octanol–water partition coefficient (Wildman–Crippen LogP) is 0.165. The van der Waals surface area contributed by atoms with Crippen molar-refractivity contribution in [1.82, 2.24) is 30.2 Å². The maximum Gasteiger partial charge on any atom is 0.321 e. The molecule has 176 valence electrons. The number of guanidine groups is 1. The van der Waals surface area contributed by atoms with E-state index in [-0.39, 0.29) is 24.1 Å². The second-order valence-corrected chi connectivity index (χ2v) is 9.49. The number of urea groups is 1. The van der Waals surface area contributed by atoms with Gasteiger partial charge in [-0.2, -0.15) is 5.10 Å². The monoisotopic (exact) mass is 445 g/mol. The fraction of sp³-hybridized carbons (Fsp3) is 0.667. The zero-order chi connectivity index (χ0) is 23.3. The maximum absolute atomic E-state index is 13.8. The third-order valence-corrected chi connectivity index (χ3v) is 6.90. The van der Waals surface area contributed by atoms with Crippen LogP contribution in [0.25, 0.3) is 0 Å². The van der Waals surface area contributed by atoms with E-state index in [0.29, 0.717) is 25.4 Å². The van der Waals surface area contributed by atoms with E-state index in [4.69, 9.17) is 16.2 Å². The lowest BCUT2D eigenvalue weighted by atomic mass is 9.97. The van der Waals surface area contributed by atoms with Crippen LogP contribution in [-0.4, -0.2) is 82.3 Å². The standard InChI is InChI=1S/C21H35N9O2/c1-13-11-29(14(2)10-28(13)8-9-32-5)19(31)30-12-15-16(20(30,3)4)26-27-17(15)21(23)6-7-24-18(22)25-21/h6-7,13-14H,8-12,23H2,1-5H3,(H,26,27)(H3,22,24,25)/t13-,14+,21?/m1/s1. The first kappa shape index (κ1) is 22.6. The molecule has 4 rings (SSSR count). The molecule has 0 aromatic carbocycles. The summed E-state index contributed by atoms with van der Waals surface area (Å²) in [5.41, 5.74) is 13.0. The number of carbonyl (C=O) groups is 1. The normalized spacial score (nSPS) is 29.6. The van der Waals surface area contributed by atoms with Gasteiger partial charge in [0.1, 0.15) is 5.69 Å². The Kier molecular flexibility index (Phi) is 5.68. The van der Waals surface area contributed by atoms with Gasteiger partial charge in [0.2, 0.25) is 0 Å². The van der Waals surface area contributed by atoms with Crippen LogP contribution in [0.15, 0.2) is 17.3 Å². The summed E-state index contributed by atoms with van der Waals surface area (Å²) in [5, 5.41) is 10.4. The van der Waals surface area contributed by atoms with E-state index in [2.05, 4.69) is 39.3 Å². The molecule has 11 heteroatoms. The zero-order valence-electron chi connectivity index (χ0n) is 19.6. The number of nitrogens with one attached hydrogen (secondary N) is 2. The number of piperazine rings is 1. The summed E-state index contributed by atoms with van der Waals surface area (Å²) in [6, 6.07) is 0.377. The number of methoxy groups -OCH3 is 1. The molecular weight excluding hydrogens is 410 g/mol. The molecule has 1 fully saturated rings. The lowest BCUT2D eigenvalue weighted by Gasteiger charge is -2.46. The molecular formula is C21H35N9O2. The van der Waals surface area contributed by atoms with Gasteiger partial charge in [-0.25, -0.2) is 9.79 Å². The first-order valence-corrected chi connectivity index (χ1v) is 11.1. The molecule has 4 heterocycles. The number of carbonyl (C=O) groups excluding carboxylic acids is 1. The number of fused-ring (bicyclic) bond motifs is 1. The molecule has 0 aliphatic carbocycles. The molecule has 1 aromatic rings. The van der Waals surface area contributed by atoms with Crippen molar-refractivity contribution >= 4 is 12.0 Å². The molecule has 32 heavy (non-hydrogen) atoms. The summed E-state index contributed by atoms with van der Waals surface area (Å²) in [7, 11) is 1.71. The fourth-order valence-electron chi connectivity index (χ4n) is 4.95. The van der Waals surface area contributed by atoms with Gasteiger partial charge in [-0.1, -0.05) is 0 Å². The molecule has 1 saturated heterocycles. The molecule has 1 unspecified atom stereocenters. The van der Waals surface area contributed by atoms with E-state index in [1.54, 1.807) is 19.4 Å². The Morgan fingerprint density at radius 2 is 2.06 bits per heavy atom. The Balaban J connectivity index is 1.56. The number of H-pyrrole nitrogens is 1. The molecule has 0 saturated carbocycles. The number of amides is 2. The predicted molar refractivity (Wildman–Crippen MR) is 121 cm³/mol. The second-order valence-electron chi connectivity index (χ2n) is 9.49. The Morgan fingerprint density at radius 1 is 1.31 bits per heavy atom. The number of nitrogens with zero attached hydrogens (tertiary/aromatic N) is 5. The lowest BCUT2D eigenvalue weighted by molar-refractivity contribution is 0.0242. The highest BCUT2D eigenvalue weighted by Gasteiger charge is 2.48. The molecule has 2 amide bonds. The van der Waals surface area contributed by atoms with Crippen molar-refractivity contribution in [2.24, 2.45) is 16.5 Å². The van der Waals surface area contributed by atoms with Crippen molar-refractivity contribution in [2.45, 2.75) is 57.5 Å². The summed E-state index contributed by atoms with van der Waals surface area (Å²) < 4.78 is 5.24. The number of nitrogens with two attached hydrogens (primary N) is 2. The smallest absolute Gasteiger partial charge is 0.321 e. The number of hydrogen-bond donors (Lipinski definition) is 4. The van der Waals surface area contributed by atoms with Crippen molar-refractivity contribution in [3.63, 3.8) is 0 Å². The quantitative estimate of drug-likeness (QED) is 0.517. The first-order valence-electron chi connectivity index (χ1n) is 11.1. The highest BCUT2D eigenvalue weighted by atomic mass is 16.5. The van der Waals surface area contributed by atoms with Gasteiger partial charge in [-0.3, -0.25) is 15.7 Å². The number of aromatic nitrogens is 2. The SMILES string of the molecule is COCCN1C[C@H](C)N(C(=O)N2Cc3c(C4(N)C=CNC(N)=N4)n[nH]c3C2(C)C)C[C@H]1C. The minimum absolute atomic E-state index is 0.0197. The summed E-state index contributed by atoms with van der Waals surface area (Å²) in [6.45, 7) is 11.8. The summed E-state index contributed by atoms with van der Waals surface area (Å²) in [5.74, 6) is 0.228. The van der Waals surface area contributed by atoms with Gasteiger partial charge in [0, 0.05) is 50.6 Å². The van der Waals surface area contributed by atoms with Crippen LogP contribution in [0, 0.1) is 0 Å². The number of rotatable bonds is 4. The van der Waals surface area contributed by atoms with Gasteiger partial charge in [-0.15, -0.1) is 0 Å². The molecule has 11 nitrogen and oxygen atoms in total. The first-order chi connectivity index (χ1) is 15.1. The van der Waals surface area contributed by atoms with Crippen molar-refractivity contribution in [3.05, 3.63) is 29.2 Å². The minimum Gasteiger partial charge on any atom is -0.383 e. The van der Waals surface area contributed by atoms with Crippen molar-refractivity contribution in [2.75, 3.05) is 33.4 Å². The van der Waals surface area contributed by atoms with Crippen LogP contribution in [0.5, 0.6) is 0 Å². The summed E-state index contributed by atoms with van der Waals surface area (Å²) in [4.78, 5) is 24.4. The summed E-state index contributed by atoms with van der Waals surface area (Å²) >= 11 is 0. The van der Waals surface area contributed by atoms with Gasteiger partial charge in [-0.05, 0) is 33.8 Å². The Bertz CT molecular complexity index is 940. The van der Waals surface area contributed by atoms with Gasteiger partial charge in [0.05, 0.1) is 24.4 Å². The van der Waals surface area contributed by atoms with Crippen LogP contribution in [0.3, 0.4) is 0 Å².